The van der Waals surface area contributed by atoms with Crippen molar-refractivity contribution in [1.82, 2.24) is 10.6 Å². The molecule has 4 nitrogen and oxygen atoms in total. The fraction of sp³-hybridized carbons (Fsp3) is 0.588. The van der Waals surface area contributed by atoms with Crippen LogP contribution in [0.4, 0.5) is 0 Å². The molecule has 1 aromatic carbocycles. The van der Waals surface area contributed by atoms with E-state index in [1.807, 2.05) is 18.2 Å². The van der Waals surface area contributed by atoms with Crippen LogP contribution in [0, 0.1) is 0 Å². The third kappa shape index (κ3) is 5.18. The number of aliphatic imine (C=N–C) groups is 1. The number of nitrogens with one attached hydrogen (secondary N) is 2. The van der Waals surface area contributed by atoms with Crippen LogP contribution in [-0.4, -0.2) is 37.8 Å². The summed E-state index contributed by atoms with van der Waals surface area (Å²) in [7, 11) is 0. The number of ether oxygens (including phenoxy) is 1. The van der Waals surface area contributed by atoms with Crippen molar-refractivity contribution in [3.8, 4) is 0 Å². The number of guanidine groups is 1. The second-order valence-corrected chi connectivity index (χ2v) is 6.27. The Morgan fingerprint density at radius 1 is 1.36 bits per heavy atom. The summed E-state index contributed by atoms with van der Waals surface area (Å²) in [6, 6.07) is 7.95. The second-order valence-electron chi connectivity index (χ2n) is 5.87. The molecule has 122 valence electrons. The van der Waals surface area contributed by atoms with E-state index in [2.05, 4.69) is 35.5 Å². The molecule has 2 N–H and O–H groups in total. The van der Waals surface area contributed by atoms with Crippen LogP contribution in [0.15, 0.2) is 29.3 Å². The third-order valence-corrected chi connectivity index (χ3v) is 4.23. The van der Waals surface area contributed by atoms with Gasteiger partial charge in [0, 0.05) is 24.7 Å². The molecule has 1 heterocycles. The average molecular weight is 324 g/mol. The molecule has 1 fully saturated rings. The zero-order valence-electron chi connectivity index (χ0n) is 13.5. The number of halogens is 1. The highest BCUT2D eigenvalue weighted by Gasteiger charge is 2.29. The molecule has 1 atom stereocenters. The van der Waals surface area contributed by atoms with Gasteiger partial charge in [-0.2, -0.15) is 0 Å². The van der Waals surface area contributed by atoms with Gasteiger partial charge in [-0.3, -0.25) is 4.99 Å². The van der Waals surface area contributed by atoms with Crippen LogP contribution >= 0.6 is 11.6 Å². The molecular weight excluding hydrogens is 298 g/mol. The molecule has 1 unspecified atom stereocenters. The minimum absolute atomic E-state index is 0.106. The van der Waals surface area contributed by atoms with E-state index in [9.17, 15) is 0 Å². The van der Waals surface area contributed by atoms with Crippen LogP contribution in [0.5, 0.6) is 0 Å². The molecule has 1 aromatic rings. The summed E-state index contributed by atoms with van der Waals surface area (Å²) >= 11 is 6.18. The quantitative estimate of drug-likeness (QED) is 0.625. The molecule has 1 saturated heterocycles. The van der Waals surface area contributed by atoms with Crippen LogP contribution < -0.4 is 10.6 Å². The van der Waals surface area contributed by atoms with E-state index in [1.165, 1.54) is 0 Å². The topological polar surface area (TPSA) is 45.7 Å². The predicted octanol–water partition coefficient (Wildman–Crippen LogP) is 3.01. The molecule has 0 bridgehead atoms. The normalized spacial score (nSPS) is 21.9. The Morgan fingerprint density at radius 2 is 2.18 bits per heavy atom. The summed E-state index contributed by atoms with van der Waals surface area (Å²) in [4.78, 5) is 4.66. The number of nitrogens with zero attached hydrogens (tertiary/aromatic N) is 1. The highest BCUT2D eigenvalue weighted by molar-refractivity contribution is 6.31. The van der Waals surface area contributed by atoms with Gasteiger partial charge in [0.25, 0.3) is 0 Å². The predicted molar refractivity (Wildman–Crippen MR) is 92.7 cm³/mol. The van der Waals surface area contributed by atoms with Crippen molar-refractivity contribution in [2.45, 2.75) is 38.7 Å². The van der Waals surface area contributed by atoms with E-state index in [0.717, 1.165) is 55.5 Å². The van der Waals surface area contributed by atoms with Crippen LogP contribution in [-0.2, 0) is 11.2 Å². The summed E-state index contributed by atoms with van der Waals surface area (Å²) in [5.74, 6) is 0.839. The lowest BCUT2D eigenvalue weighted by Crippen LogP contribution is -2.40. The first-order valence-corrected chi connectivity index (χ1v) is 8.40. The largest absolute Gasteiger partial charge is 0.373 e. The van der Waals surface area contributed by atoms with E-state index in [1.54, 1.807) is 0 Å². The Hall–Kier alpha value is -1.26. The molecule has 0 radical (unpaired) electrons. The standard InChI is InChI=1S/C17H26ClN3O/c1-3-19-16(21-13-17(2)10-6-12-22-17)20-11-9-14-7-4-5-8-15(14)18/h4-5,7-8H,3,6,9-13H2,1-2H3,(H2,19,20,21). The maximum absolute atomic E-state index is 6.18. The van der Waals surface area contributed by atoms with E-state index in [4.69, 9.17) is 16.3 Å². The van der Waals surface area contributed by atoms with E-state index >= 15 is 0 Å². The van der Waals surface area contributed by atoms with Gasteiger partial charge in [-0.15, -0.1) is 0 Å². The van der Waals surface area contributed by atoms with Crippen molar-refractivity contribution >= 4 is 17.6 Å². The number of hydrogen-bond acceptors (Lipinski definition) is 2. The van der Waals surface area contributed by atoms with Gasteiger partial charge in [0.05, 0.1) is 12.1 Å². The van der Waals surface area contributed by atoms with Crippen LogP contribution in [0.25, 0.3) is 0 Å². The monoisotopic (exact) mass is 323 g/mol. The van der Waals surface area contributed by atoms with Gasteiger partial charge in [-0.25, -0.2) is 0 Å². The number of benzene rings is 1. The molecule has 5 heteroatoms. The van der Waals surface area contributed by atoms with Gasteiger partial charge in [-0.1, -0.05) is 29.8 Å². The minimum atomic E-state index is -0.106. The van der Waals surface area contributed by atoms with E-state index in [0.29, 0.717) is 6.54 Å². The Kier molecular flexibility index (Phi) is 6.52. The van der Waals surface area contributed by atoms with Crippen LogP contribution in [0.1, 0.15) is 32.3 Å². The highest BCUT2D eigenvalue weighted by Crippen LogP contribution is 2.25. The first kappa shape index (κ1) is 17.1. The molecule has 1 aliphatic rings. The molecule has 2 rings (SSSR count). The summed E-state index contributed by atoms with van der Waals surface area (Å²) in [5.41, 5.74) is 1.05. The number of rotatable bonds is 6. The minimum Gasteiger partial charge on any atom is -0.373 e. The average Bonchev–Trinajstić information content (AvgIpc) is 2.94. The SMILES string of the molecule is CCNC(=NCC1(C)CCCO1)NCCc1ccccc1Cl. The lowest BCUT2D eigenvalue weighted by atomic mass is 10.0. The second kappa shape index (κ2) is 8.39. The molecular formula is C17H26ClN3O. The fourth-order valence-electron chi connectivity index (χ4n) is 2.57. The Bertz CT molecular complexity index is 498. The van der Waals surface area contributed by atoms with Crippen LogP contribution in [0.2, 0.25) is 5.02 Å². The number of hydrogen-bond donors (Lipinski definition) is 2. The Balaban J connectivity index is 1.84. The maximum atomic E-state index is 6.18. The zero-order chi connectivity index (χ0) is 15.8. The first-order chi connectivity index (χ1) is 10.6. The van der Waals surface area contributed by atoms with Crippen molar-refractivity contribution in [3.05, 3.63) is 34.9 Å². The van der Waals surface area contributed by atoms with Gasteiger partial charge >= 0.3 is 0 Å². The summed E-state index contributed by atoms with van der Waals surface area (Å²) in [5, 5.41) is 7.45. The van der Waals surface area contributed by atoms with Gasteiger partial charge in [0.1, 0.15) is 0 Å². The summed E-state index contributed by atoms with van der Waals surface area (Å²) in [6.07, 6.45) is 3.08. The summed E-state index contributed by atoms with van der Waals surface area (Å²) < 4.78 is 5.78. The molecule has 22 heavy (non-hydrogen) atoms. The van der Waals surface area contributed by atoms with Crippen LogP contribution in [0.3, 0.4) is 0 Å². The van der Waals surface area contributed by atoms with Gasteiger partial charge in [0.2, 0.25) is 0 Å². The van der Waals surface area contributed by atoms with Crippen molar-refractivity contribution in [1.29, 1.82) is 0 Å². The molecule has 0 spiro atoms. The van der Waals surface area contributed by atoms with Crippen molar-refractivity contribution in [2.75, 3.05) is 26.2 Å². The Morgan fingerprint density at radius 3 is 2.86 bits per heavy atom. The lowest BCUT2D eigenvalue weighted by molar-refractivity contribution is 0.0283. The first-order valence-electron chi connectivity index (χ1n) is 8.02. The zero-order valence-corrected chi connectivity index (χ0v) is 14.2. The lowest BCUT2D eigenvalue weighted by Gasteiger charge is -2.21. The smallest absolute Gasteiger partial charge is 0.191 e. The molecule has 0 amide bonds. The van der Waals surface area contributed by atoms with Crippen molar-refractivity contribution < 1.29 is 4.74 Å². The fourth-order valence-corrected chi connectivity index (χ4v) is 2.80. The maximum Gasteiger partial charge on any atom is 0.191 e. The highest BCUT2D eigenvalue weighted by atomic mass is 35.5. The molecule has 0 aliphatic carbocycles. The third-order valence-electron chi connectivity index (χ3n) is 3.86. The van der Waals surface area contributed by atoms with E-state index < -0.39 is 0 Å². The van der Waals surface area contributed by atoms with Crippen molar-refractivity contribution in [2.24, 2.45) is 4.99 Å². The van der Waals surface area contributed by atoms with E-state index in [-0.39, 0.29) is 5.60 Å². The molecule has 0 saturated carbocycles. The molecule has 1 aliphatic heterocycles. The van der Waals surface area contributed by atoms with Gasteiger partial charge < -0.3 is 15.4 Å². The van der Waals surface area contributed by atoms with Crippen molar-refractivity contribution in [3.63, 3.8) is 0 Å². The molecule has 0 aromatic heterocycles. The Labute approximate surface area is 138 Å². The van der Waals surface area contributed by atoms with Gasteiger partial charge in [-0.05, 0) is 44.7 Å². The summed E-state index contributed by atoms with van der Waals surface area (Å²) in [6.45, 7) is 7.38. The van der Waals surface area contributed by atoms with Gasteiger partial charge in [0.15, 0.2) is 5.96 Å².